The van der Waals surface area contributed by atoms with Crippen LogP contribution >= 0.6 is 11.8 Å². The Morgan fingerprint density at radius 1 is 0.974 bits per heavy atom. The minimum absolute atomic E-state index is 0.0499. The number of benzene rings is 2. The minimum atomic E-state index is -3.64. The van der Waals surface area contributed by atoms with E-state index in [0.29, 0.717) is 37.0 Å². The lowest BCUT2D eigenvalue weighted by Crippen LogP contribution is -2.51. The van der Waals surface area contributed by atoms with E-state index in [-0.39, 0.29) is 41.9 Å². The van der Waals surface area contributed by atoms with Crippen molar-refractivity contribution in [3.63, 3.8) is 0 Å². The van der Waals surface area contributed by atoms with Gasteiger partial charge in [0.25, 0.3) is 0 Å². The van der Waals surface area contributed by atoms with Crippen LogP contribution in [0, 0.1) is 0 Å². The van der Waals surface area contributed by atoms with Crippen LogP contribution in [0.15, 0.2) is 58.5 Å². The number of anilines is 1. The Hall–Kier alpha value is -2.93. The van der Waals surface area contributed by atoms with Crippen LogP contribution in [-0.4, -0.2) is 97.8 Å². The van der Waals surface area contributed by atoms with Crippen LogP contribution in [0.3, 0.4) is 0 Å². The molecule has 3 aromatic rings. The number of hydrogen-bond acceptors (Lipinski definition) is 9. The zero-order valence-electron chi connectivity index (χ0n) is 22.3. The molecule has 0 radical (unpaired) electrons. The number of amides is 1. The van der Waals surface area contributed by atoms with Gasteiger partial charge in [0.15, 0.2) is 5.82 Å². The van der Waals surface area contributed by atoms with E-state index in [2.05, 4.69) is 4.90 Å². The fourth-order valence-corrected chi connectivity index (χ4v) is 7.26. The van der Waals surface area contributed by atoms with E-state index in [1.54, 1.807) is 29.2 Å². The number of piperazine rings is 1. The molecule has 0 saturated carbocycles. The lowest BCUT2D eigenvalue weighted by Gasteiger charge is -2.36. The number of morpholine rings is 1. The Bertz CT molecular complexity index is 1420. The Morgan fingerprint density at radius 3 is 2.21 bits per heavy atom. The van der Waals surface area contributed by atoms with Crippen LogP contribution in [0.25, 0.3) is 11.0 Å². The average Bonchev–Trinajstić information content (AvgIpc) is 2.95. The summed E-state index contributed by atoms with van der Waals surface area (Å²) < 4.78 is 38.6. The minimum Gasteiger partial charge on any atom is -0.497 e. The van der Waals surface area contributed by atoms with Crippen molar-refractivity contribution in [2.75, 3.05) is 57.0 Å². The molecule has 3 heterocycles. The molecule has 0 aliphatic carbocycles. The largest absolute Gasteiger partial charge is 0.497 e. The smallest absolute Gasteiger partial charge is 0.243 e. The molecule has 2 aromatic carbocycles. The molecule has 2 saturated heterocycles. The Balaban J connectivity index is 1.25. The van der Waals surface area contributed by atoms with Crippen molar-refractivity contribution in [3.8, 4) is 5.75 Å². The van der Waals surface area contributed by atoms with E-state index < -0.39 is 10.0 Å². The average molecular weight is 572 g/mol. The van der Waals surface area contributed by atoms with Crippen molar-refractivity contribution in [3.05, 3.63) is 48.5 Å². The third-order valence-electron chi connectivity index (χ3n) is 6.86. The molecule has 1 aromatic heterocycles. The van der Waals surface area contributed by atoms with Gasteiger partial charge < -0.3 is 19.3 Å². The van der Waals surface area contributed by atoms with Crippen LogP contribution in [-0.2, 0) is 19.6 Å². The molecule has 0 bridgehead atoms. The van der Waals surface area contributed by atoms with Crippen molar-refractivity contribution >= 4 is 44.5 Å². The summed E-state index contributed by atoms with van der Waals surface area (Å²) in [7, 11) is -2.10. The molecule has 2 aliphatic heterocycles. The van der Waals surface area contributed by atoms with E-state index in [1.807, 2.05) is 38.1 Å². The summed E-state index contributed by atoms with van der Waals surface area (Å²) in [6, 6.07) is 14.1. The summed E-state index contributed by atoms with van der Waals surface area (Å²) in [6.45, 7) is 6.65. The molecular weight excluding hydrogens is 538 g/mol. The molecule has 0 spiro atoms. The Morgan fingerprint density at radius 2 is 1.59 bits per heavy atom. The molecule has 39 heavy (non-hydrogen) atoms. The third kappa shape index (κ3) is 6.13. The molecule has 0 N–H and O–H groups in total. The lowest BCUT2D eigenvalue weighted by atomic mass is 10.2. The second-order valence-electron chi connectivity index (χ2n) is 9.75. The maximum atomic E-state index is 13.2. The fraction of sp³-hybridized carbons (Fsp3) is 0.444. The summed E-state index contributed by atoms with van der Waals surface area (Å²) >= 11 is 1.38. The second kappa shape index (κ2) is 11.7. The first-order chi connectivity index (χ1) is 18.7. The maximum Gasteiger partial charge on any atom is 0.243 e. The van der Waals surface area contributed by atoms with Gasteiger partial charge in [-0.3, -0.25) is 4.79 Å². The second-order valence-corrected chi connectivity index (χ2v) is 12.7. The summed E-state index contributed by atoms with van der Waals surface area (Å²) in [5.74, 6) is 1.51. The van der Waals surface area contributed by atoms with Gasteiger partial charge in [-0.25, -0.2) is 18.4 Å². The number of carbonyl (C=O) groups excluding carboxylic acids is 1. The monoisotopic (exact) mass is 571 g/mol. The quantitative estimate of drug-likeness (QED) is 0.396. The Labute approximate surface area is 233 Å². The number of rotatable bonds is 7. The number of sulfonamides is 1. The van der Waals surface area contributed by atoms with Gasteiger partial charge in [-0.2, -0.15) is 4.31 Å². The van der Waals surface area contributed by atoms with Crippen molar-refractivity contribution in [1.29, 1.82) is 0 Å². The SMILES string of the molecule is COc1ccc(S(=O)(=O)N2CCN(C(=O)CSc3nc4ccccc4nc3N3C[C@@H](C)O[C@H](C)C3)CC2)cc1. The van der Waals surface area contributed by atoms with Crippen molar-refractivity contribution in [2.45, 2.75) is 36.0 Å². The number of aromatic nitrogens is 2. The summed E-state index contributed by atoms with van der Waals surface area (Å²) in [5.41, 5.74) is 1.59. The van der Waals surface area contributed by atoms with Crippen LogP contribution in [0.2, 0.25) is 0 Å². The number of fused-ring (bicyclic) bond motifs is 1. The number of thioether (sulfide) groups is 1. The normalized spacial score (nSPS) is 20.8. The first-order valence-electron chi connectivity index (χ1n) is 13.0. The van der Waals surface area contributed by atoms with Gasteiger partial charge in [-0.05, 0) is 50.2 Å². The molecule has 12 heteroatoms. The van der Waals surface area contributed by atoms with Gasteiger partial charge in [-0.1, -0.05) is 23.9 Å². The molecule has 2 aliphatic rings. The zero-order chi connectivity index (χ0) is 27.6. The van der Waals surface area contributed by atoms with Crippen molar-refractivity contribution in [2.24, 2.45) is 0 Å². The van der Waals surface area contributed by atoms with Gasteiger partial charge in [0, 0.05) is 39.3 Å². The molecule has 2 fully saturated rings. The van der Waals surface area contributed by atoms with E-state index in [1.165, 1.54) is 23.2 Å². The highest BCUT2D eigenvalue weighted by atomic mass is 32.2. The van der Waals surface area contributed by atoms with Gasteiger partial charge >= 0.3 is 0 Å². The van der Waals surface area contributed by atoms with E-state index in [9.17, 15) is 13.2 Å². The lowest BCUT2D eigenvalue weighted by molar-refractivity contribution is -0.129. The molecule has 5 rings (SSSR count). The third-order valence-corrected chi connectivity index (χ3v) is 9.71. The van der Waals surface area contributed by atoms with Crippen molar-refractivity contribution in [1.82, 2.24) is 19.2 Å². The van der Waals surface area contributed by atoms with Gasteiger partial charge in [-0.15, -0.1) is 0 Å². The van der Waals surface area contributed by atoms with E-state index in [0.717, 1.165) is 16.9 Å². The number of ether oxygens (including phenoxy) is 2. The fourth-order valence-electron chi connectivity index (χ4n) is 4.92. The van der Waals surface area contributed by atoms with Gasteiger partial charge in [0.1, 0.15) is 10.8 Å². The molecule has 10 nitrogen and oxygen atoms in total. The van der Waals surface area contributed by atoms with Crippen LogP contribution < -0.4 is 9.64 Å². The number of para-hydroxylation sites is 2. The standard InChI is InChI=1S/C27H33N5O5S2/c1-19-16-31(17-20(2)37-19)26-27(29-24-7-5-4-6-23(24)28-26)38-18-25(33)30-12-14-32(15-13-30)39(34,35)22-10-8-21(36-3)9-11-22/h4-11,19-20H,12-18H2,1-3H3/t19-,20-/m1/s1. The van der Waals surface area contributed by atoms with Crippen molar-refractivity contribution < 1.29 is 22.7 Å². The number of nitrogens with zero attached hydrogens (tertiary/aromatic N) is 5. The van der Waals surface area contributed by atoms with Crippen LogP contribution in [0.5, 0.6) is 5.75 Å². The van der Waals surface area contributed by atoms with Gasteiger partial charge in [0.05, 0.1) is 41.0 Å². The number of methoxy groups -OCH3 is 1. The number of carbonyl (C=O) groups is 1. The first kappa shape index (κ1) is 27.6. The molecular formula is C27H33N5O5S2. The molecule has 2 atom stereocenters. The van der Waals surface area contributed by atoms with E-state index >= 15 is 0 Å². The number of hydrogen-bond donors (Lipinski definition) is 0. The Kier molecular flexibility index (Phi) is 8.27. The maximum absolute atomic E-state index is 13.2. The zero-order valence-corrected chi connectivity index (χ0v) is 24.0. The highest BCUT2D eigenvalue weighted by molar-refractivity contribution is 8.00. The highest BCUT2D eigenvalue weighted by Gasteiger charge is 2.31. The van der Waals surface area contributed by atoms with E-state index in [4.69, 9.17) is 19.4 Å². The topological polar surface area (TPSA) is 105 Å². The molecule has 1 amide bonds. The predicted molar refractivity (Wildman–Crippen MR) is 151 cm³/mol. The summed E-state index contributed by atoms with van der Waals surface area (Å²) in [5, 5.41) is 0.712. The predicted octanol–water partition coefficient (Wildman–Crippen LogP) is 2.88. The molecule has 208 valence electrons. The summed E-state index contributed by atoms with van der Waals surface area (Å²) in [4.78, 5) is 27.1. The summed E-state index contributed by atoms with van der Waals surface area (Å²) in [6.07, 6.45) is 0.124. The first-order valence-corrected chi connectivity index (χ1v) is 15.4. The van der Waals surface area contributed by atoms with Gasteiger partial charge in [0.2, 0.25) is 15.9 Å². The molecule has 0 unspecified atom stereocenters. The highest BCUT2D eigenvalue weighted by Crippen LogP contribution is 2.31. The van der Waals surface area contributed by atoms with Crippen LogP contribution in [0.4, 0.5) is 5.82 Å². The van der Waals surface area contributed by atoms with Crippen LogP contribution in [0.1, 0.15) is 13.8 Å².